The molecule has 0 aliphatic heterocycles. The minimum Gasteiger partial charge on any atom is -0.329 e. The molecule has 0 aromatic rings. The van der Waals surface area contributed by atoms with Gasteiger partial charge in [0.05, 0.1) is 0 Å². The highest BCUT2D eigenvalue weighted by Crippen LogP contribution is 2.25. The molecule has 17 heavy (non-hydrogen) atoms. The summed E-state index contributed by atoms with van der Waals surface area (Å²) in [6.45, 7) is 17.9. The maximum Gasteiger partial charge on any atom is 0.223 e. The van der Waals surface area contributed by atoms with Crippen LogP contribution >= 0.6 is 0 Å². The minimum absolute atomic E-state index is 0.0419. The van der Waals surface area contributed by atoms with Crippen molar-refractivity contribution in [1.29, 1.82) is 0 Å². The summed E-state index contributed by atoms with van der Waals surface area (Å²) < 4.78 is 0. The second kappa shape index (κ2) is 7.10. The van der Waals surface area contributed by atoms with E-state index in [4.69, 9.17) is 0 Å². The van der Waals surface area contributed by atoms with Gasteiger partial charge in [-0.05, 0) is 42.9 Å². The van der Waals surface area contributed by atoms with E-state index in [0.29, 0.717) is 12.3 Å². The average Bonchev–Trinajstić information content (AvgIpc) is 2.25. The predicted octanol–water partition coefficient (Wildman–Crippen LogP) is 3.97. The van der Waals surface area contributed by atoms with Crippen LogP contribution in [0.4, 0.5) is 0 Å². The first-order valence-corrected chi connectivity index (χ1v) is 6.20. The molecular formula is C15H25NO. The molecule has 0 bridgehead atoms. The van der Waals surface area contributed by atoms with Gasteiger partial charge in [0.1, 0.15) is 0 Å². The summed E-state index contributed by atoms with van der Waals surface area (Å²) in [5.74, 6) is 0.342. The van der Waals surface area contributed by atoms with E-state index in [9.17, 15) is 4.79 Å². The summed E-state index contributed by atoms with van der Waals surface area (Å²) in [6, 6.07) is 0. The zero-order valence-corrected chi connectivity index (χ0v) is 11.8. The minimum atomic E-state index is 0.0419. The van der Waals surface area contributed by atoms with E-state index >= 15 is 0 Å². The molecule has 2 nitrogen and oxygen atoms in total. The Labute approximate surface area is 105 Å². The van der Waals surface area contributed by atoms with Crippen LogP contribution in [-0.4, -0.2) is 5.91 Å². The molecule has 1 amide bonds. The number of carbonyl (C=O) groups is 1. The van der Waals surface area contributed by atoms with E-state index in [0.717, 1.165) is 28.8 Å². The van der Waals surface area contributed by atoms with E-state index in [-0.39, 0.29) is 5.91 Å². The van der Waals surface area contributed by atoms with Gasteiger partial charge in [0.15, 0.2) is 0 Å². The van der Waals surface area contributed by atoms with Gasteiger partial charge in [0.2, 0.25) is 5.91 Å². The van der Waals surface area contributed by atoms with Gasteiger partial charge in [0, 0.05) is 12.1 Å². The van der Waals surface area contributed by atoms with Gasteiger partial charge in [-0.15, -0.1) is 0 Å². The van der Waals surface area contributed by atoms with Crippen molar-refractivity contribution in [2.24, 2.45) is 5.92 Å². The number of hydrogen-bond donors (Lipinski definition) is 1. The van der Waals surface area contributed by atoms with Crippen LogP contribution in [0, 0.1) is 5.92 Å². The SMILES string of the molecule is C=C(C)C(C(=C)C)=C(NC(=O)CC)C(C)CC. The quantitative estimate of drug-likeness (QED) is 0.694. The Balaban J connectivity index is 5.52. The van der Waals surface area contributed by atoms with Gasteiger partial charge in [-0.2, -0.15) is 0 Å². The number of allylic oxidation sites excluding steroid dienone is 4. The molecule has 1 unspecified atom stereocenters. The number of amides is 1. The maximum absolute atomic E-state index is 11.6. The van der Waals surface area contributed by atoms with E-state index in [1.165, 1.54) is 0 Å². The molecule has 0 fully saturated rings. The topological polar surface area (TPSA) is 29.1 Å². The first-order valence-electron chi connectivity index (χ1n) is 6.20. The van der Waals surface area contributed by atoms with Crippen molar-refractivity contribution in [1.82, 2.24) is 5.32 Å². The maximum atomic E-state index is 11.6. The Morgan fingerprint density at radius 3 is 1.94 bits per heavy atom. The summed E-state index contributed by atoms with van der Waals surface area (Å²) in [4.78, 5) is 11.6. The zero-order chi connectivity index (χ0) is 13.6. The summed E-state index contributed by atoms with van der Waals surface area (Å²) in [7, 11) is 0. The van der Waals surface area contributed by atoms with Crippen LogP contribution in [0.3, 0.4) is 0 Å². The lowest BCUT2D eigenvalue weighted by molar-refractivity contribution is -0.120. The Morgan fingerprint density at radius 1 is 1.18 bits per heavy atom. The summed E-state index contributed by atoms with van der Waals surface area (Å²) in [5.41, 5.74) is 3.86. The second-order valence-corrected chi connectivity index (χ2v) is 4.56. The largest absolute Gasteiger partial charge is 0.329 e. The van der Waals surface area contributed by atoms with Gasteiger partial charge in [-0.1, -0.05) is 33.9 Å². The summed E-state index contributed by atoms with van der Waals surface area (Å²) in [5, 5.41) is 3.00. The van der Waals surface area contributed by atoms with Crippen LogP contribution in [-0.2, 0) is 4.79 Å². The van der Waals surface area contributed by atoms with E-state index < -0.39 is 0 Å². The van der Waals surface area contributed by atoms with Crippen LogP contribution < -0.4 is 5.32 Å². The molecule has 0 aliphatic carbocycles. The number of carbonyl (C=O) groups excluding carboxylic acids is 1. The molecule has 1 N–H and O–H groups in total. The fourth-order valence-electron chi connectivity index (χ4n) is 1.70. The first kappa shape index (κ1) is 15.7. The molecule has 0 rings (SSSR count). The van der Waals surface area contributed by atoms with Gasteiger partial charge >= 0.3 is 0 Å². The molecule has 2 heteroatoms. The lowest BCUT2D eigenvalue weighted by atomic mass is 9.92. The van der Waals surface area contributed by atoms with Crippen molar-refractivity contribution < 1.29 is 4.79 Å². The van der Waals surface area contributed by atoms with E-state index in [2.05, 4.69) is 32.3 Å². The smallest absolute Gasteiger partial charge is 0.223 e. The molecule has 96 valence electrons. The van der Waals surface area contributed by atoms with Crippen molar-refractivity contribution in [3.05, 3.63) is 35.6 Å². The number of rotatable bonds is 6. The first-order chi connectivity index (χ1) is 7.84. The van der Waals surface area contributed by atoms with Crippen LogP contribution in [0.25, 0.3) is 0 Å². The molecule has 0 radical (unpaired) electrons. The molecular weight excluding hydrogens is 210 g/mol. The zero-order valence-electron chi connectivity index (χ0n) is 11.8. The van der Waals surface area contributed by atoms with Crippen LogP contribution in [0.2, 0.25) is 0 Å². The number of nitrogens with one attached hydrogen (secondary N) is 1. The monoisotopic (exact) mass is 235 g/mol. The molecule has 0 aromatic heterocycles. The lowest BCUT2D eigenvalue weighted by Crippen LogP contribution is -2.27. The highest BCUT2D eigenvalue weighted by atomic mass is 16.1. The van der Waals surface area contributed by atoms with E-state index in [1.807, 2.05) is 20.8 Å². The van der Waals surface area contributed by atoms with Crippen LogP contribution in [0.15, 0.2) is 35.6 Å². The van der Waals surface area contributed by atoms with Gasteiger partial charge in [-0.25, -0.2) is 0 Å². The van der Waals surface area contributed by atoms with Crippen molar-refractivity contribution in [2.75, 3.05) is 0 Å². The number of hydrogen-bond acceptors (Lipinski definition) is 1. The third-order valence-corrected chi connectivity index (χ3v) is 2.82. The van der Waals surface area contributed by atoms with Crippen molar-refractivity contribution in [3.8, 4) is 0 Å². The highest BCUT2D eigenvalue weighted by Gasteiger charge is 2.16. The molecule has 0 aliphatic rings. The third-order valence-electron chi connectivity index (χ3n) is 2.82. The Bertz CT molecular complexity index is 334. The van der Waals surface area contributed by atoms with Crippen molar-refractivity contribution >= 4 is 5.91 Å². The predicted molar refractivity (Wildman–Crippen MR) is 74.5 cm³/mol. The molecule has 0 spiro atoms. The molecule has 0 saturated carbocycles. The normalized spacial score (nSPS) is 11.6. The second-order valence-electron chi connectivity index (χ2n) is 4.56. The molecule has 1 atom stereocenters. The summed E-state index contributed by atoms with van der Waals surface area (Å²) in [6.07, 6.45) is 1.46. The Hall–Kier alpha value is -1.31. The molecule has 0 heterocycles. The fraction of sp³-hybridized carbons (Fsp3) is 0.533. The van der Waals surface area contributed by atoms with Crippen LogP contribution in [0.5, 0.6) is 0 Å². The van der Waals surface area contributed by atoms with Crippen molar-refractivity contribution in [3.63, 3.8) is 0 Å². The molecule has 0 saturated heterocycles. The highest BCUT2D eigenvalue weighted by molar-refractivity contribution is 5.78. The summed E-state index contributed by atoms with van der Waals surface area (Å²) >= 11 is 0. The van der Waals surface area contributed by atoms with E-state index in [1.54, 1.807) is 0 Å². The lowest BCUT2D eigenvalue weighted by Gasteiger charge is -2.21. The Kier molecular flexibility index (Phi) is 6.55. The van der Waals surface area contributed by atoms with Gasteiger partial charge in [-0.3, -0.25) is 4.79 Å². The molecule has 0 aromatic carbocycles. The van der Waals surface area contributed by atoms with Crippen molar-refractivity contribution in [2.45, 2.75) is 47.5 Å². The fourth-order valence-corrected chi connectivity index (χ4v) is 1.70. The van der Waals surface area contributed by atoms with Gasteiger partial charge in [0.25, 0.3) is 0 Å². The van der Waals surface area contributed by atoms with Crippen LogP contribution in [0.1, 0.15) is 47.5 Å². The third kappa shape index (κ3) is 4.59. The standard InChI is InChI=1S/C15H25NO/c1-8-12(7)15(16-13(17)9-2)14(10(3)4)11(5)6/h12H,3,5,8-9H2,1-2,4,6-7H3,(H,16,17). The Morgan fingerprint density at radius 2 is 1.65 bits per heavy atom. The average molecular weight is 235 g/mol. The van der Waals surface area contributed by atoms with Gasteiger partial charge < -0.3 is 5.32 Å².